The van der Waals surface area contributed by atoms with Crippen LogP contribution in [0.15, 0.2) is 34.2 Å². The molecule has 0 bridgehead atoms. The standard InChI is InChI=1S/C22H24ClN3OS/c1-13-8-9-17(23)12-19(13)24-22-25-21(27)20(28-22)11-16-10-14(2)26(15(16)3)18-6-4-5-7-18/h8-12,18H,4-7H2,1-3H3,(H,24,25,27)/b20-11-. The summed E-state index contributed by atoms with van der Waals surface area (Å²) in [5.74, 6) is -0.103. The number of halogens is 1. The van der Waals surface area contributed by atoms with E-state index >= 15 is 0 Å². The van der Waals surface area contributed by atoms with Gasteiger partial charge in [-0.25, -0.2) is 4.99 Å². The summed E-state index contributed by atoms with van der Waals surface area (Å²) >= 11 is 7.46. The molecule has 2 fully saturated rings. The highest BCUT2D eigenvalue weighted by Gasteiger charge is 2.26. The average molecular weight is 414 g/mol. The second-order valence-electron chi connectivity index (χ2n) is 7.55. The van der Waals surface area contributed by atoms with Crippen molar-refractivity contribution in [2.45, 2.75) is 52.5 Å². The number of amidine groups is 1. The maximum absolute atomic E-state index is 12.5. The maximum atomic E-state index is 12.5. The smallest absolute Gasteiger partial charge is 0.264 e. The molecule has 1 aliphatic heterocycles. The molecule has 1 aromatic heterocycles. The van der Waals surface area contributed by atoms with Gasteiger partial charge in [0, 0.05) is 22.5 Å². The lowest BCUT2D eigenvalue weighted by Gasteiger charge is -2.17. The Labute approximate surface area is 175 Å². The number of nitrogens with one attached hydrogen (secondary N) is 1. The van der Waals surface area contributed by atoms with E-state index in [1.54, 1.807) is 0 Å². The summed E-state index contributed by atoms with van der Waals surface area (Å²) in [7, 11) is 0. The highest BCUT2D eigenvalue weighted by molar-refractivity contribution is 8.18. The average Bonchev–Trinajstić information content (AvgIpc) is 3.33. The Hall–Kier alpha value is -1.98. The second-order valence-corrected chi connectivity index (χ2v) is 9.01. The molecule has 2 aromatic rings. The third-order valence-electron chi connectivity index (χ3n) is 5.54. The zero-order valence-corrected chi connectivity index (χ0v) is 18.0. The molecule has 1 aromatic carbocycles. The van der Waals surface area contributed by atoms with Crippen molar-refractivity contribution in [2.24, 2.45) is 4.99 Å². The van der Waals surface area contributed by atoms with Crippen LogP contribution in [0.3, 0.4) is 0 Å². The van der Waals surface area contributed by atoms with Crippen LogP contribution < -0.4 is 5.32 Å². The molecule has 6 heteroatoms. The number of aryl methyl sites for hydroxylation is 2. The Morgan fingerprint density at radius 3 is 2.71 bits per heavy atom. The van der Waals surface area contributed by atoms with Crippen molar-refractivity contribution < 1.29 is 4.79 Å². The fraction of sp³-hybridized carbons (Fsp3) is 0.364. The van der Waals surface area contributed by atoms with Gasteiger partial charge in [0.1, 0.15) is 0 Å². The Morgan fingerprint density at radius 1 is 1.21 bits per heavy atom. The van der Waals surface area contributed by atoms with Crippen molar-refractivity contribution in [3.05, 3.63) is 56.7 Å². The van der Waals surface area contributed by atoms with Crippen LogP contribution in [0, 0.1) is 20.8 Å². The highest BCUT2D eigenvalue weighted by atomic mass is 35.5. The number of rotatable bonds is 3. The fourth-order valence-corrected chi connectivity index (χ4v) is 5.10. The number of aliphatic imine (C=N–C) groups is 1. The number of hydrogen-bond donors (Lipinski definition) is 1. The Bertz CT molecular complexity index is 999. The Kier molecular flexibility index (Phi) is 5.39. The molecule has 0 unspecified atom stereocenters. The quantitative estimate of drug-likeness (QED) is 0.620. The van der Waals surface area contributed by atoms with E-state index in [1.807, 2.05) is 31.2 Å². The molecule has 2 aliphatic rings. The second kappa shape index (κ2) is 7.80. The fourth-order valence-electron chi connectivity index (χ4n) is 4.11. The molecule has 1 aliphatic carbocycles. The molecule has 0 atom stereocenters. The zero-order valence-electron chi connectivity index (χ0n) is 16.4. The molecule has 2 heterocycles. The Morgan fingerprint density at radius 2 is 1.96 bits per heavy atom. The summed E-state index contributed by atoms with van der Waals surface area (Å²) in [6.07, 6.45) is 7.09. The van der Waals surface area contributed by atoms with Gasteiger partial charge in [0.2, 0.25) is 0 Å². The molecule has 1 N–H and O–H groups in total. The number of carbonyl (C=O) groups excluding carboxylic acids is 1. The van der Waals surface area contributed by atoms with Gasteiger partial charge >= 0.3 is 0 Å². The van der Waals surface area contributed by atoms with Gasteiger partial charge in [0.05, 0.1) is 10.6 Å². The van der Waals surface area contributed by atoms with Crippen LogP contribution in [0.25, 0.3) is 6.08 Å². The van der Waals surface area contributed by atoms with Crippen LogP contribution in [0.2, 0.25) is 5.02 Å². The molecule has 4 rings (SSSR count). The first kappa shape index (κ1) is 19.3. The summed E-state index contributed by atoms with van der Waals surface area (Å²) in [4.78, 5) is 17.7. The van der Waals surface area contributed by atoms with Gasteiger partial charge in [0.15, 0.2) is 5.17 Å². The molecule has 0 spiro atoms. The van der Waals surface area contributed by atoms with Gasteiger partial charge in [-0.3, -0.25) is 4.79 Å². The van der Waals surface area contributed by atoms with E-state index < -0.39 is 0 Å². The van der Waals surface area contributed by atoms with Crippen LogP contribution in [0.1, 0.15) is 54.2 Å². The lowest BCUT2D eigenvalue weighted by molar-refractivity contribution is -0.115. The van der Waals surface area contributed by atoms with Gasteiger partial charge in [0.25, 0.3) is 5.91 Å². The maximum Gasteiger partial charge on any atom is 0.264 e. The van der Waals surface area contributed by atoms with Crippen LogP contribution >= 0.6 is 23.4 Å². The van der Waals surface area contributed by atoms with E-state index in [1.165, 1.54) is 48.8 Å². The number of nitrogens with zero attached hydrogens (tertiary/aromatic N) is 2. The van der Waals surface area contributed by atoms with Crippen molar-refractivity contribution in [1.29, 1.82) is 0 Å². The van der Waals surface area contributed by atoms with E-state index in [-0.39, 0.29) is 5.91 Å². The van der Waals surface area contributed by atoms with E-state index in [0.717, 1.165) is 16.8 Å². The third kappa shape index (κ3) is 3.78. The van der Waals surface area contributed by atoms with Crippen molar-refractivity contribution in [3.63, 3.8) is 0 Å². The third-order valence-corrected chi connectivity index (χ3v) is 6.69. The Balaban J connectivity index is 1.61. The number of benzene rings is 1. The lowest BCUT2D eigenvalue weighted by atomic mass is 10.2. The lowest BCUT2D eigenvalue weighted by Crippen LogP contribution is -2.19. The number of aromatic nitrogens is 1. The number of amides is 1. The van der Waals surface area contributed by atoms with Gasteiger partial charge in [-0.2, -0.15) is 0 Å². The largest absolute Gasteiger partial charge is 0.346 e. The van der Waals surface area contributed by atoms with Crippen molar-refractivity contribution in [2.75, 3.05) is 0 Å². The number of thioether (sulfide) groups is 1. The topological polar surface area (TPSA) is 46.4 Å². The van der Waals surface area contributed by atoms with E-state index in [0.29, 0.717) is 21.1 Å². The van der Waals surface area contributed by atoms with E-state index in [9.17, 15) is 4.79 Å². The molecule has 0 radical (unpaired) electrons. The van der Waals surface area contributed by atoms with Crippen molar-refractivity contribution in [1.82, 2.24) is 9.88 Å². The zero-order chi connectivity index (χ0) is 19.8. The molecule has 4 nitrogen and oxygen atoms in total. The summed E-state index contributed by atoms with van der Waals surface area (Å²) in [5.41, 5.74) is 5.41. The summed E-state index contributed by atoms with van der Waals surface area (Å²) in [5, 5.41) is 4.09. The minimum absolute atomic E-state index is 0.103. The van der Waals surface area contributed by atoms with Crippen LogP contribution in [0.5, 0.6) is 0 Å². The summed E-state index contributed by atoms with van der Waals surface area (Å²) in [6.45, 7) is 6.29. The van der Waals surface area contributed by atoms with Gasteiger partial charge in [-0.1, -0.05) is 30.5 Å². The molecule has 1 saturated heterocycles. The van der Waals surface area contributed by atoms with E-state index in [4.69, 9.17) is 11.6 Å². The number of hydrogen-bond acceptors (Lipinski definition) is 3. The minimum atomic E-state index is -0.103. The first-order valence-electron chi connectivity index (χ1n) is 9.66. The van der Waals surface area contributed by atoms with Crippen molar-refractivity contribution in [3.8, 4) is 0 Å². The van der Waals surface area contributed by atoms with E-state index in [2.05, 4.69) is 34.8 Å². The van der Waals surface area contributed by atoms with Crippen LogP contribution in [0.4, 0.5) is 5.69 Å². The van der Waals surface area contributed by atoms with Gasteiger partial charge < -0.3 is 9.88 Å². The molecular formula is C22H24ClN3OS. The molecular weight excluding hydrogens is 390 g/mol. The summed E-state index contributed by atoms with van der Waals surface area (Å²) < 4.78 is 2.45. The SMILES string of the molecule is Cc1ccc(Cl)cc1N=C1NC(=O)/C(=C/c2cc(C)n(C3CCCC3)c2C)S1. The monoisotopic (exact) mass is 413 g/mol. The number of carbonyl (C=O) groups is 1. The van der Waals surface area contributed by atoms with Gasteiger partial charge in [-0.15, -0.1) is 0 Å². The predicted molar refractivity (Wildman–Crippen MR) is 118 cm³/mol. The molecule has 1 amide bonds. The molecule has 1 saturated carbocycles. The molecule has 146 valence electrons. The normalized spacial score (nSPS) is 20.5. The first-order valence-corrected chi connectivity index (χ1v) is 10.9. The molecule has 28 heavy (non-hydrogen) atoms. The predicted octanol–water partition coefficient (Wildman–Crippen LogP) is 6.07. The minimum Gasteiger partial charge on any atom is -0.346 e. The summed E-state index contributed by atoms with van der Waals surface area (Å²) in [6, 6.07) is 8.36. The van der Waals surface area contributed by atoms with Crippen LogP contribution in [-0.4, -0.2) is 15.6 Å². The highest BCUT2D eigenvalue weighted by Crippen LogP contribution is 2.35. The van der Waals surface area contributed by atoms with Crippen molar-refractivity contribution >= 4 is 46.2 Å². The van der Waals surface area contributed by atoms with Crippen LogP contribution in [-0.2, 0) is 4.79 Å². The van der Waals surface area contributed by atoms with Gasteiger partial charge in [-0.05, 0) is 80.8 Å². The first-order chi connectivity index (χ1) is 13.4.